The Morgan fingerprint density at radius 1 is 1.11 bits per heavy atom. The smallest absolute Gasteiger partial charge is 0.294 e. The first-order chi connectivity index (χ1) is 17.2. The van der Waals surface area contributed by atoms with Crippen LogP contribution in [0, 0.1) is 10.1 Å². The van der Waals surface area contributed by atoms with Crippen LogP contribution < -0.4 is 5.32 Å². The third-order valence-corrected chi connectivity index (χ3v) is 7.58. The molecule has 3 amide bonds. The number of anilines is 1. The van der Waals surface area contributed by atoms with Crippen molar-refractivity contribution in [3.8, 4) is 0 Å². The summed E-state index contributed by atoms with van der Waals surface area (Å²) in [6.45, 7) is -0.450. The van der Waals surface area contributed by atoms with Gasteiger partial charge in [-0.3, -0.25) is 29.4 Å². The van der Waals surface area contributed by atoms with Gasteiger partial charge in [0.05, 0.1) is 14.7 Å². The number of carbonyl (C=O) groups is 3. The zero-order valence-corrected chi connectivity index (χ0v) is 22.1. The topological polar surface area (TPSA) is 110 Å². The standard InChI is InChI=1S/C24H15BrClN3O5S2/c25-15-2-6-17(7-3-15)27-22(30)13-28-23(31)21(36-24(28)32)12-14-1-10-20(19(11-14)29(33)34)35-18-8-4-16(26)5-9-18/h1-12H,13H2,(H,27,30)/b21-12-. The van der Waals surface area contributed by atoms with Crippen LogP contribution in [0.15, 0.2) is 85.9 Å². The summed E-state index contributed by atoms with van der Waals surface area (Å²) in [5.74, 6) is -1.17. The van der Waals surface area contributed by atoms with E-state index in [4.69, 9.17) is 11.6 Å². The van der Waals surface area contributed by atoms with Crippen LogP contribution in [0.2, 0.25) is 5.02 Å². The van der Waals surface area contributed by atoms with Crippen molar-refractivity contribution in [3.63, 3.8) is 0 Å². The fraction of sp³-hybridized carbons (Fsp3) is 0.0417. The van der Waals surface area contributed by atoms with E-state index in [0.717, 1.165) is 14.3 Å². The first-order valence-corrected chi connectivity index (χ1v) is 13.0. The monoisotopic (exact) mass is 603 g/mol. The van der Waals surface area contributed by atoms with Crippen molar-refractivity contribution in [3.05, 3.63) is 96.8 Å². The average Bonchev–Trinajstić information content (AvgIpc) is 3.10. The number of hydrogen-bond acceptors (Lipinski definition) is 7. The summed E-state index contributed by atoms with van der Waals surface area (Å²) in [5.41, 5.74) is 0.762. The van der Waals surface area contributed by atoms with E-state index in [1.54, 1.807) is 60.7 Å². The second-order valence-electron chi connectivity index (χ2n) is 7.36. The van der Waals surface area contributed by atoms with Gasteiger partial charge in [-0.2, -0.15) is 0 Å². The van der Waals surface area contributed by atoms with E-state index in [9.17, 15) is 24.5 Å². The molecule has 1 aliphatic heterocycles. The van der Waals surface area contributed by atoms with Crippen LogP contribution in [0.5, 0.6) is 0 Å². The number of nitrogens with one attached hydrogen (secondary N) is 1. The molecular formula is C24H15BrClN3O5S2. The van der Waals surface area contributed by atoms with E-state index in [1.807, 2.05) is 0 Å². The van der Waals surface area contributed by atoms with Gasteiger partial charge in [0.2, 0.25) is 5.91 Å². The average molecular weight is 605 g/mol. The molecule has 0 aliphatic carbocycles. The number of halogens is 2. The molecule has 3 aromatic carbocycles. The molecule has 0 unspecified atom stereocenters. The number of nitro benzene ring substituents is 1. The summed E-state index contributed by atoms with van der Waals surface area (Å²) in [6.07, 6.45) is 1.40. The number of carbonyl (C=O) groups excluding carboxylic acids is 3. The summed E-state index contributed by atoms with van der Waals surface area (Å²) in [7, 11) is 0. The highest BCUT2D eigenvalue weighted by molar-refractivity contribution is 9.10. The molecule has 1 fully saturated rings. The number of nitro groups is 1. The quantitative estimate of drug-likeness (QED) is 0.179. The number of thioether (sulfide) groups is 1. The maximum absolute atomic E-state index is 12.8. The van der Waals surface area contributed by atoms with Crippen LogP contribution >= 0.6 is 51.1 Å². The van der Waals surface area contributed by atoms with E-state index < -0.39 is 28.5 Å². The lowest BCUT2D eigenvalue weighted by Gasteiger charge is -2.12. The molecule has 12 heteroatoms. The Morgan fingerprint density at radius 2 is 1.81 bits per heavy atom. The van der Waals surface area contributed by atoms with Crippen LogP contribution in [0.4, 0.5) is 16.2 Å². The number of benzene rings is 3. The minimum atomic E-state index is -0.641. The fourth-order valence-electron chi connectivity index (χ4n) is 3.15. The molecule has 1 saturated heterocycles. The second-order valence-corrected chi connectivity index (χ2v) is 10.8. The molecule has 1 aliphatic rings. The number of amides is 3. The van der Waals surface area contributed by atoms with Crippen LogP contribution in [0.1, 0.15) is 5.56 Å². The zero-order valence-electron chi connectivity index (χ0n) is 18.1. The van der Waals surface area contributed by atoms with Gasteiger partial charge >= 0.3 is 0 Å². The van der Waals surface area contributed by atoms with Crippen molar-refractivity contribution < 1.29 is 19.3 Å². The Labute approximate surface area is 227 Å². The first-order valence-electron chi connectivity index (χ1n) is 10.2. The lowest BCUT2D eigenvalue weighted by atomic mass is 10.2. The SMILES string of the molecule is O=C(CN1C(=O)S/C(=C\c2ccc(Sc3ccc(Cl)cc3)c([N+](=O)[O-])c2)C1=O)Nc1ccc(Br)cc1. The van der Waals surface area contributed by atoms with Gasteiger partial charge in [0.1, 0.15) is 6.54 Å². The van der Waals surface area contributed by atoms with Crippen molar-refractivity contribution in [2.24, 2.45) is 0 Å². The lowest BCUT2D eigenvalue weighted by Crippen LogP contribution is -2.36. The summed E-state index contributed by atoms with van der Waals surface area (Å²) >= 11 is 11.1. The van der Waals surface area contributed by atoms with Gasteiger partial charge in [0.25, 0.3) is 16.8 Å². The van der Waals surface area contributed by atoms with Crippen molar-refractivity contribution >= 4 is 85.6 Å². The molecule has 1 N–H and O–H groups in total. The van der Waals surface area contributed by atoms with Gasteiger partial charge in [-0.15, -0.1) is 0 Å². The molecule has 0 spiro atoms. The van der Waals surface area contributed by atoms with Crippen molar-refractivity contribution in [1.29, 1.82) is 0 Å². The molecule has 8 nitrogen and oxygen atoms in total. The first kappa shape index (κ1) is 26.0. The molecule has 3 aromatic rings. The van der Waals surface area contributed by atoms with Crippen molar-refractivity contribution in [1.82, 2.24) is 4.90 Å². The number of hydrogen-bond donors (Lipinski definition) is 1. The van der Waals surface area contributed by atoms with E-state index in [1.165, 1.54) is 23.9 Å². The van der Waals surface area contributed by atoms with Gasteiger partial charge in [-0.05, 0) is 78.0 Å². The van der Waals surface area contributed by atoms with Gasteiger partial charge in [-0.25, -0.2) is 0 Å². The maximum atomic E-state index is 12.8. The minimum Gasteiger partial charge on any atom is -0.325 e. The van der Waals surface area contributed by atoms with Gasteiger partial charge in [-0.1, -0.05) is 45.4 Å². The van der Waals surface area contributed by atoms with E-state index >= 15 is 0 Å². The molecule has 0 radical (unpaired) electrons. The Morgan fingerprint density at radius 3 is 2.47 bits per heavy atom. The van der Waals surface area contributed by atoms with Gasteiger partial charge in [0.15, 0.2) is 0 Å². The number of nitrogens with zero attached hydrogens (tertiary/aromatic N) is 2. The normalized spacial score (nSPS) is 14.4. The highest BCUT2D eigenvalue weighted by Gasteiger charge is 2.36. The highest BCUT2D eigenvalue weighted by atomic mass is 79.9. The summed E-state index contributed by atoms with van der Waals surface area (Å²) in [4.78, 5) is 50.8. The number of imide groups is 1. The van der Waals surface area contributed by atoms with E-state index in [-0.39, 0.29) is 10.6 Å². The predicted molar refractivity (Wildman–Crippen MR) is 144 cm³/mol. The molecule has 0 aromatic heterocycles. The number of rotatable bonds is 7. The van der Waals surface area contributed by atoms with Crippen molar-refractivity contribution in [2.75, 3.05) is 11.9 Å². The zero-order chi connectivity index (χ0) is 25.8. The summed E-state index contributed by atoms with van der Waals surface area (Å²) < 4.78 is 0.841. The largest absolute Gasteiger partial charge is 0.325 e. The van der Waals surface area contributed by atoms with Crippen LogP contribution in [0.25, 0.3) is 6.08 Å². The molecule has 0 atom stereocenters. The predicted octanol–water partition coefficient (Wildman–Crippen LogP) is 6.84. The molecule has 4 rings (SSSR count). The van der Waals surface area contributed by atoms with Crippen LogP contribution in [-0.2, 0) is 9.59 Å². The minimum absolute atomic E-state index is 0.0730. The molecule has 0 saturated carbocycles. The molecule has 1 heterocycles. The van der Waals surface area contributed by atoms with Crippen molar-refractivity contribution in [2.45, 2.75) is 9.79 Å². The Bertz CT molecular complexity index is 1400. The molecular weight excluding hydrogens is 590 g/mol. The van der Waals surface area contributed by atoms with E-state index in [0.29, 0.717) is 32.9 Å². The third kappa shape index (κ3) is 6.35. The lowest BCUT2D eigenvalue weighted by molar-refractivity contribution is -0.387. The maximum Gasteiger partial charge on any atom is 0.294 e. The Hall–Kier alpha value is -3.12. The van der Waals surface area contributed by atoms with Gasteiger partial charge in [0, 0.05) is 26.1 Å². The second kappa shape index (κ2) is 11.3. The Kier molecular flexibility index (Phi) is 8.14. The Balaban J connectivity index is 1.49. The third-order valence-electron chi connectivity index (χ3n) is 4.82. The summed E-state index contributed by atoms with van der Waals surface area (Å²) in [5, 5.41) is 14.3. The summed E-state index contributed by atoms with van der Waals surface area (Å²) in [6, 6.07) is 18.3. The van der Waals surface area contributed by atoms with E-state index in [2.05, 4.69) is 21.2 Å². The molecule has 182 valence electrons. The molecule has 36 heavy (non-hydrogen) atoms. The van der Waals surface area contributed by atoms with Gasteiger partial charge < -0.3 is 5.32 Å². The molecule has 0 bridgehead atoms. The van der Waals surface area contributed by atoms with Crippen LogP contribution in [-0.4, -0.2) is 33.4 Å². The van der Waals surface area contributed by atoms with Crippen LogP contribution in [0.3, 0.4) is 0 Å². The highest BCUT2D eigenvalue weighted by Crippen LogP contribution is 2.37. The fourth-order valence-corrected chi connectivity index (χ4v) is 5.28.